The fourth-order valence-electron chi connectivity index (χ4n) is 11.3. The number of carbonyl (C=O) groups is 1. The van der Waals surface area contributed by atoms with E-state index in [4.69, 9.17) is 18.9 Å². The highest BCUT2D eigenvalue weighted by molar-refractivity contribution is 5.76. The summed E-state index contributed by atoms with van der Waals surface area (Å²) >= 11 is 0. The smallest absolute Gasteiger partial charge is 0.220 e. The van der Waals surface area contributed by atoms with Crippen LogP contribution in [0.1, 0.15) is 284 Å². The van der Waals surface area contributed by atoms with Gasteiger partial charge in [0.2, 0.25) is 5.91 Å². The number of hydrogen-bond acceptors (Lipinski definition) is 13. The van der Waals surface area contributed by atoms with Crippen LogP contribution < -0.4 is 5.32 Å². The van der Waals surface area contributed by atoms with Crippen LogP contribution in [0, 0.1) is 0 Å². The van der Waals surface area contributed by atoms with Crippen LogP contribution in [0.25, 0.3) is 0 Å². The lowest BCUT2D eigenvalue weighted by atomic mass is 9.97. The molecule has 12 unspecified atom stereocenters. The van der Waals surface area contributed by atoms with Crippen LogP contribution in [-0.4, -0.2) is 140 Å². The molecule has 2 aliphatic rings. The van der Waals surface area contributed by atoms with E-state index in [1.165, 1.54) is 173 Å². The van der Waals surface area contributed by atoms with Gasteiger partial charge in [0, 0.05) is 6.42 Å². The number of nitrogens with one attached hydrogen (secondary N) is 1. The number of aliphatic hydroxyl groups is 8. The SMILES string of the molecule is CC/C=C\C/C=C\C/C=C\C/C=C\C/C=C\CCCCCCCCCCCCCCCCCCCCCCCCCC(=O)NC(COC1OC(CO)C(OC2OC(CO)C(O)C(O)C2O)C(O)C1O)C(O)CCCCCCCCCCCCC. The van der Waals surface area contributed by atoms with Crippen molar-refractivity contribution in [3.8, 4) is 0 Å². The molecule has 1 amide bonds. The summed E-state index contributed by atoms with van der Waals surface area (Å²) in [6, 6.07) is -0.826. The van der Waals surface area contributed by atoms with E-state index in [0.717, 1.165) is 83.5 Å². The molecule has 14 heteroatoms. The summed E-state index contributed by atoms with van der Waals surface area (Å²) in [5.74, 6) is -0.204. The molecule has 0 spiro atoms. The van der Waals surface area contributed by atoms with Crippen molar-refractivity contribution in [3.63, 3.8) is 0 Å². The van der Waals surface area contributed by atoms with E-state index in [1.54, 1.807) is 0 Å². The lowest BCUT2D eigenvalue weighted by Crippen LogP contribution is -2.65. The number of ether oxygens (including phenoxy) is 4. The Bertz CT molecular complexity index is 1640. The number of hydrogen-bond donors (Lipinski definition) is 9. The maximum absolute atomic E-state index is 13.3. The van der Waals surface area contributed by atoms with Crippen molar-refractivity contribution in [2.75, 3.05) is 19.8 Å². The van der Waals surface area contributed by atoms with Crippen LogP contribution in [0.5, 0.6) is 0 Å². The molecule has 0 aromatic carbocycles. The number of carbonyl (C=O) groups excluding carboxylic acids is 1. The second-order valence-corrected chi connectivity index (χ2v) is 24.3. The quantitative estimate of drug-likeness (QED) is 0.0204. The van der Waals surface area contributed by atoms with Crippen LogP contribution in [0.4, 0.5) is 0 Å². The van der Waals surface area contributed by atoms with E-state index in [1.807, 2.05) is 0 Å². The van der Waals surface area contributed by atoms with E-state index in [-0.39, 0.29) is 12.5 Å². The lowest BCUT2D eigenvalue weighted by molar-refractivity contribution is -0.359. The van der Waals surface area contributed by atoms with Crippen molar-refractivity contribution >= 4 is 5.91 Å². The predicted octanol–water partition coefficient (Wildman–Crippen LogP) is 13.7. The summed E-state index contributed by atoms with van der Waals surface area (Å²) in [6.07, 6.45) is 55.6. The van der Waals surface area contributed by atoms with Crippen molar-refractivity contribution in [2.45, 2.75) is 357 Å². The Morgan fingerprint density at radius 2 is 0.821 bits per heavy atom. The van der Waals surface area contributed by atoms with Gasteiger partial charge in [-0.1, -0.05) is 280 Å². The Morgan fingerprint density at radius 3 is 1.26 bits per heavy atom. The summed E-state index contributed by atoms with van der Waals surface area (Å²) in [7, 11) is 0. The molecule has 2 rings (SSSR count). The van der Waals surface area contributed by atoms with Crippen molar-refractivity contribution < 1.29 is 64.6 Å². The molecule has 0 radical (unpaired) electrons. The van der Waals surface area contributed by atoms with Gasteiger partial charge in [-0.2, -0.15) is 0 Å². The van der Waals surface area contributed by atoms with Gasteiger partial charge in [-0.05, 0) is 57.8 Å². The maximum atomic E-state index is 13.3. The van der Waals surface area contributed by atoms with Gasteiger partial charge in [0.25, 0.3) is 0 Å². The van der Waals surface area contributed by atoms with Crippen LogP contribution >= 0.6 is 0 Å². The monoisotopic (exact) mass is 1190 g/mol. The van der Waals surface area contributed by atoms with Gasteiger partial charge < -0.3 is 65.1 Å². The molecule has 2 saturated heterocycles. The zero-order valence-corrected chi connectivity index (χ0v) is 53.1. The van der Waals surface area contributed by atoms with Crippen molar-refractivity contribution in [2.24, 2.45) is 0 Å². The second kappa shape index (κ2) is 54.8. The minimum absolute atomic E-state index is 0.204. The molecule has 12 atom stereocenters. The molecular weight excluding hydrogens is 1060 g/mol. The van der Waals surface area contributed by atoms with E-state index in [2.05, 4.69) is 79.9 Å². The molecule has 2 aliphatic heterocycles. The van der Waals surface area contributed by atoms with Crippen LogP contribution in [0.2, 0.25) is 0 Å². The van der Waals surface area contributed by atoms with Crippen molar-refractivity contribution in [1.82, 2.24) is 5.32 Å². The molecule has 0 saturated carbocycles. The van der Waals surface area contributed by atoms with Crippen LogP contribution in [0.3, 0.4) is 0 Å². The molecule has 0 aliphatic carbocycles. The van der Waals surface area contributed by atoms with Gasteiger partial charge in [-0.25, -0.2) is 0 Å². The van der Waals surface area contributed by atoms with Gasteiger partial charge in [-0.3, -0.25) is 4.79 Å². The van der Waals surface area contributed by atoms with Crippen molar-refractivity contribution in [3.05, 3.63) is 60.8 Å². The molecule has 0 bridgehead atoms. The Balaban J connectivity index is 1.53. The maximum Gasteiger partial charge on any atom is 0.220 e. The van der Waals surface area contributed by atoms with Gasteiger partial charge in [0.05, 0.1) is 32.0 Å². The van der Waals surface area contributed by atoms with Crippen molar-refractivity contribution in [1.29, 1.82) is 0 Å². The van der Waals surface area contributed by atoms with E-state index < -0.39 is 86.8 Å². The highest BCUT2D eigenvalue weighted by Crippen LogP contribution is 2.30. The Labute approximate surface area is 511 Å². The number of aliphatic hydroxyl groups excluding tert-OH is 8. The fourth-order valence-corrected chi connectivity index (χ4v) is 11.3. The minimum Gasteiger partial charge on any atom is -0.394 e. The number of unbranched alkanes of at least 4 members (excludes halogenated alkanes) is 33. The predicted molar refractivity (Wildman–Crippen MR) is 341 cm³/mol. The van der Waals surface area contributed by atoms with E-state index in [0.29, 0.717) is 12.8 Å². The first kappa shape index (κ1) is 77.8. The van der Waals surface area contributed by atoms with E-state index in [9.17, 15) is 45.6 Å². The average Bonchev–Trinajstić information content (AvgIpc) is 3.59. The molecule has 9 N–H and O–H groups in total. The zero-order valence-electron chi connectivity index (χ0n) is 53.1. The third-order valence-electron chi connectivity index (χ3n) is 16.7. The average molecular weight is 1190 g/mol. The normalized spacial score (nSPS) is 24.0. The Kier molecular flexibility index (Phi) is 50.8. The summed E-state index contributed by atoms with van der Waals surface area (Å²) in [5, 5.41) is 87.3. The lowest BCUT2D eigenvalue weighted by Gasteiger charge is -2.46. The molecule has 84 heavy (non-hydrogen) atoms. The second-order valence-electron chi connectivity index (χ2n) is 24.3. The topological polar surface area (TPSA) is 228 Å². The van der Waals surface area contributed by atoms with Gasteiger partial charge in [0.15, 0.2) is 12.6 Å². The first-order chi connectivity index (χ1) is 41.1. The first-order valence-electron chi connectivity index (χ1n) is 34.5. The Hall–Kier alpha value is -2.31. The largest absolute Gasteiger partial charge is 0.394 e. The molecule has 2 fully saturated rings. The molecule has 0 aromatic rings. The molecule has 490 valence electrons. The zero-order chi connectivity index (χ0) is 60.9. The minimum atomic E-state index is -1.78. The highest BCUT2D eigenvalue weighted by atomic mass is 16.7. The molecule has 2 heterocycles. The van der Waals surface area contributed by atoms with Gasteiger partial charge in [-0.15, -0.1) is 0 Å². The molecule has 14 nitrogen and oxygen atoms in total. The summed E-state index contributed by atoms with van der Waals surface area (Å²) in [6.45, 7) is 2.75. The summed E-state index contributed by atoms with van der Waals surface area (Å²) in [5.41, 5.74) is 0. The van der Waals surface area contributed by atoms with Gasteiger partial charge in [0.1, 0.15) is 48.8 Å². The van der Waals surface area contributed by atoms with Crippen LogP contribution in [-0.2, 0) is 23.7 Å². The standard InChI is InChI=1S/C70H127NO13/c1-3-5-7-9-11-13-15-16-17-18-19-20-21-22-23-24-25-26-27-28-29-30-31-32-33-34-35-36-37-38-39-40-41-42-44-46-48-50-52-54-62(75)71-58(59(74)53-51-49-47-45-43-14-12-10-8-6-4-2)57-81-69-67(80)65(78)68(61(56-73)83-69)84-70-66(79)64(77)63(76)60(55-72)82-70/h5,7,11,13,16-17,19-20,22-23,58-61,63-70,72-74,76-80H,3-4,6,8-10,12,14-15,18,21,24-57H2,1-2H3,(H,71,75)/b7-5-,13-11-,17-16-,20-19-,23-22-. The number of amides is 1. The summed E-state index contributed by atoms with van der Waals surface area (Å²) < 4.78 is 22.8. The van der Waals surface area contributed by atoms with Crippen LogP contribution in [0.15, 0.2) is 60.8 Å². The molecule has 0 aromatic heterocycles. The fraction of sp³-hybridized carbons (Fsp3) is 0.843. The first-order valence-corrected chi connectivity index (χ1v) is 34.5. The number of allylic oxidation sites excluding steroid dienone is 10. The van der Waals surface area contributed by atoms with E-state index >= 15 is 0 Å². The third-order valence-corrected chi connectivity index (χ3v) is 16.7. The van der Waals surface area contributed by atoms with Gasteiger partial charge >= 0.3 is 0 Å². The highest BCUT2D eigenvalue weighted by Gasteiger charge is 2.51. The molecular formula is C70H127NO13. The Morgan fingerprint density at radius 1 is 0.440 bits per heavy atom. The summed E-state index contributed by atoms with van der Waals surface area (Å²) in [4.78, 5) is 13.3. The third kappa shape index (κ3) is 38.9. The number of rotatable bonds is 56.